The van der Waals surface area contributed by atoms with E-state index in [4.69, 9.17) is 4.42 Å². The molecule has 0 fully saturated rings. The van der Waals surface area contributed by atoms with Crippen LogP contribution in [0, 0.1) is 0 Å². The van der Waals surface area contributed by atoms with E-state index in [1.165, 1.54) is 55.7 Å². The van der Waals surface area contributed by atoms with Gasteiger partial charge in [0.25, 0.3) is 0 Å². The van der Waals surface area contributed by atoms with E-state index >= 15 is 0 Å². The molecule has 3 aromatic heterocycles. The van der Waals surface area contributed by atoms with Gasteiger partial charge >= 0.3 is 0 Å². The van der Waals surface area contributed by atoms with Gasteiger partial charge in [-0.3, -0.25) is 0 Å². The molecular formula is C31H19N3O. The highest BCUT2D eigenvalue weighted by Gasteiger charge is 2.20. The zero-order valence-corrected chi connectivity index (χ0v) is 18.7. The van der Waals surface area contributed by atoms with Crippen LogP contribution >= 0.6 is 0 Å². The van der Waals surface area contributed by atoms with Gasteiger partial charge in [-0.2, -0.15) is 0 Å². The Morgan fingerprint density at radius 3 is 1.80 bits per heavy atom. The minimum absolute atomic E-state index is 0.794. The van der Waals surface area contributed by atoms with Gasteiger partial charge in [0, 0.05) is 32.9 Å². The van der Waals surface area contributed by atoms with E-state index in [1.54, 1.807) is 0 Å². The first-order valence-electron chi connectivity index (χ1n) is 11.7. The standard InChI is InChI=1S/C31H19N3O/c1-2-8-20(9-3-1)33-25-12-6-4-10-22(25)30-27(33)15-16-28-31(30)23-11-5-7-13-26(23)34(28)21-14-17-29-24(18-21)32-19-35-29/h1-19H. The topological polar surface area (TPSA) is 35.9 Å². The maximum atomic E-state index is 5.49. The Balaban J connectivity index is 1.58. The van der Waals surface area contributed by atoms with E-state index in [2.05, 4.69) is 117 Å². The highest BCUT2D eigenvalue weighted by Crippen LogP contribution is 2.42. The Bertz CT molecular complexity index is 2060. The molecule has 0 N–H and O–H groups in total. The maximum absolute atomic E-state index is 5.49. The lowest BCUT2D eigenvalue weighted by atomic mass is 10.1. The second kappa shape index (κ2) is 6.84. The fraction of sp³-hybridized carbons (Fsp3) is 0. The molecule has 5 aromatic carbocycles. The minimum Gasteiger partial charge on any atom is -0.443 e. The molecule has 8 aromatic rings. The first-order valence-corrected chi connectivity index (χ1v) is 11.7. The summed E-state index contributed by atoms with van der Waals surface area (Å²) in [7, 11) is 0. The molecule has 164 valence electrons. The number of hydrogen-bond donors (Lipinski definition) is 0. The zero-order chi connectivity index (χ0) is 22.9. The summed E-state index contributed by atoms with van der Waals surface area (Å²) in [5.74, 6) is 0. The van der Waals surface area contributed by atoms with Crippen LogP contribution in [0.5, 0.6) is 0 Å². The summed E-state index contributed by atoms with van der Waals surface area (Å²) in [5.41, 5.74) is 8.66. The number of rotatable bonds is 2. The predicted octanol–water partition coefficient (Wildman–Crippen LogP) is 8.02. The van der Waals surface area contributed by atoms with Crippen LogP contribution in [0.2, 0.25) is 0 Å². The van der Waals surface area contributed by atoms with Crippen molar-refractivity contribution in [1.82, 2.24) is 14.1 Å². The SMILES string of the molecule is c1ccc(-n2c3ccccc3c3c4c5ccccc5n(-c5ccc6ocnc6c5)c4ccc32)cc1. The summed E-state index contributed by atoms with van der Waals surface area (Å²) in [6.07, 6.45) is 1.50. The molecule has 0 saturated carbocycles. The molecule has 0 unspecified atom stereocenters. The molecule has 0 atom stereocenters. The van der Waals surface area contributed by atoms with Crippen LogP contribution in [0.3, 0.4) is 0 Å². The van der Waals surface area contributed by atoms with Gasteiger partial charge in [0.15, 0.2) is 12.0 Å². The van der Waals surface area contributed by atoms with Crippen LogP contribution in [-0.2, 0) is 0 Å². The van der Waals surface area contributed by atoms with Gasteiger partial charge in [0.1, 0.15) is 5.52 Å². The summed E-state index contributed by atoms with van der Waals surface area (Å²) in [4.78, 5) is 4.39. The number of hydrogen-bond acceptors (Lipinski definition) is 2. The van der Waals surface area contributed by atoms with E-state index in [1.807, 2.05) is 6.07 Å². The number of para-hydroxylation sites is 3. The van der Waals surface area contributed by atoms with Crippen LogP contribution in [0.4, 0.5) is 0 Å². The summed E-state index contributed by atoms with van der Waals surface area (Å²) >= 11 is 0. The zero-order valence-electron chi connectivity index (χ0n) is 18.7. The molecule has 4 nitrogen and oxygen atoms in total. The summed E-state index contributed by atoms with van der Waals surface area (Å²) in [6, 6.07) is 38.7. The van der Waals surface area contributed by atoms with Gasteiger partial charge in [-0.15, -0.1) is 0 Å². The lowest BCUT2D eigenvalue weighted by Gasteiger charge is -2.09. The third kappa shape index (κ3) is 2.48. The molecule has 0 bridgehead atoms. The van der Waals surface area contributed by atoms with Crippen molar-refractivity contribution >= 4 is 54.7 Å². The molecule has 0 radical (unpaired) electrons. The Morgan fingerprint density at radius 2 is 1.11 bits per heavy atom. The smallest absolute Gasteiger partial charge is 0.181 e. The van der Waals surface area contributed by atoms with Crippen molar-refractivity contribution in [3.63, 3.8) is 0 Å². The fourth-order valence-corrected chi connectivity index (χ4v) is 5.64. The van der Waals surface area contributed by atoms with E-state index in [0.29, 0.717) is 0 Å². The Labute approximate surface area is 200 Å². The normalized spacial score (nSPS) is 12.0. The van der Waals surface area contributed by atoms with Crippen LogP contribution in [0.15, 0.2) is 120 Å². The number of nitrogens with zero attached hydrogens (tertiary/aromatic N) is 3. The largest absolute Gasteiger partial charge is 0.443 e. The number of benzene rings is 5. The Morgan fingerprint density at radius 1 is 0.514 bits per heavy atom. The molecule has 0 aliphatic rings. The van der Waals surface area contributed by atoms with Gasteiger partial charge in [0.2, 0.25) is 0 Å². The van der Waals surface area contributed by atoms with Crippen LogP contribution in [0.1, 0.15) is 0 Å². The van der Waals surface area contributed by atoms with E-state index in [9.17, 15) is 0 Å². The van der Waals surface area contributed by atoms with Gasteiger partial charge in [0.05, 0.1) is 22.1 Å². The molecule has 0 spiro atoms. The summed E-state index contributed by atoms with van der Waals surface area (Å²) < 4.78 is 10.2. The average Bonchev–Trinajstić information content (AvgIpc) is 3.60. The predicted molar refractivity (Wildman–Crippen MR) is 143 cm³/mol. The van der Waals surface area contributed by atoms with E-state index in [-0.39, 0.29) is 0 Å². The Hall–Kier alpha value is -4.83. The monoisotopic (exact) mass is 449 g/mol. The van der Waals surface area contributed by atoms with Crippen molar-refractivity contribution in [2.24, 2.45) is 0 Å². The number of oxazole rings is 1. The Kier molecular flexibility index (Phi) is 3.63. The van der Waals surface area contributed by atoms with Crippen molar-refractivity contribution in [1.29, 1.82) is 0 Å². The second-order valence-electron chi connectivity index (χ2n) is 8.90. The second-order valence-corrected chi connectivity index (χ2v) is 8.90. The van der Waals surface area contributed by atoms with Gasteiger partial charge in [-0.25, -0.2) is 4.98 Å². The van der Waals surface area contributed by atoms with Crippen molar-refractivity contribution in [3.8, 4) is 11.4 Å². The molecule has 35 heavy (non-hydrogen) atoms. The van der Waals surface area contributed by atoms with Crippen molar-refractivity contribution in [2.45, 2.75) is 0 Å². The molecule has 0 aliphatic carbocycles. The molecule has 0 saturated heterocycles. The lowest BCUT2D eigenvalue weighted by molar-refractivity contribution is 0.602. The third-order valence-corrected chi connectivity index (χ3v) is 7.06. The van der Waals surface area contributed by atoms with Gasteiger partial charge < -0.3 is 13.6 Å². The third-order valence-electron chi connectivity index (χ3n) is 7.06. The average molecular weight is 450 g/mol. The highest BCUT2D eigenvalue weighted by molar-refractivity contribution is 6.28. The molecule has 0 amide bonds. The summed E-state index contributed by atoms with van der Waals surface area (Å²) in [6.45, 7) is 0. The molecular weight excluding hydrogens is 430 g/mol. The minimum atomic E-state index is 0.794. The van der Waals surface area contributed by atoms with E-state index in [0.717, 1.165) is 16.8 Å². The highest BCUT2D eigenvalue weighted by atomic mass is 16.3. The lowest BCUT2D eigenvalue weighted by Crippen LogP contribution is -1.94. The summed E-state index contributed by atoms with van der Waals surface area (Å²) in [5, 5.41) is 5.04. The molecule has 3 heterocycles. The van der Waals surface area contributed by atoms with Gasteiger partial charge in [-0.1, -0.05) is 54.6 Å². The fourth-order valence-electron chi connectivity index (χ4n) is 5.64. The van der Waals surface area contributed by atoms with Crippen molar-refractivity contribution < 1.29 is 4.42 Å². The molecule has 4 heteroatoms. The van der Waals surface area contributed by atoms with E-state index < -0.39 is 0 Å². The first kappa shape index (κ1) is 18.6. The van der Waals surface area contributed by atoms with Crippen LogP contribution in [-0.4, -0.2) is 14.1 Å². The van der Waals surface area contributed by atoms with Crippen molar-refractivity contribution in [2.75, 3.05) is 0 Å². The van der Waals surface area contributed by atoms with Crippen molar-refractivity contribution in [3.05, 3.63) is 116 Å². The molecule has 0 aliphatic heterocycles. The van der Waals surface area contributed by atoms with Gasteiger partial charge in [-0.05, 0) is 54.6 Å². The van der Waals surface area contributed by atoms with Crippen LogP contribution in [0.25, 0.3) is 66.1 Å². The number of aromatic nitrogens is 3. The number of fused-ring (bicyclic) bond motifs is 8. The van der Waals surface area contributed by atoms with Crippen LogP contribution < -0.4 is 0 Å². The maximum Gasteiger partial charge on any atom is 0.181 e. The quantitative estimate of drug-likeness (QED) is 0.268. The first-order chi connectivity index (χ1) is 17.4. The molecule has 8 rings (SSSR count).